The molecule has 0 fully saturated rings. The Labute approximate surface area is 201 Å². The number of thiophene rings is 1. The zero-order valence-electron chi connectivity index (χ0n) is 20.6. The second kappa shape index (κ2) is 13.2. The molecule has 0 aliphatic rings. The van der Waals surface area contributed by atoms with Crippen LogP contribution >= 0.6 is 11.3 Å². The SMILES string of the molecule is CCC(C)N(CC(=O)N(CCc1ccc(OC)c(OC)c1)Cc1ccc(C)s1)C(=O)COC. The second-order valence-electron chi connectivity index (χ2n) is 7.98. The molecule has 33 heavy (non-hydrogen) atoms. The van der Waals surface area contributed by atoms with Gasteiger partial charge in [0.25, 0.3) is 0 Å². The van der Waals surface area contributed by atoms with Gasteiger partial charge in [-0.15, -0.1) is 11.3 Å². The van der Waals surface area contributed by atoms with Gasteiger partial charge in [0.15, 0.2) is 11.5 Å². The predicted octanol–water partition coefficient (Wildman–Crippen LogP) is 3.92. The second-order valence-corrected chi connectivity index (χ2v) is 9.35. The van der Waals surface area contributed by atoms with Crippen LogP contribution in [-0.4, -0.2) is 68.7 Å². The number of aryl methyl sites for hydroxylation is 1. The van der Waals surface area contributed by atoms with Crippen LogP contribution in [0.15, 0.2) is 30.3 Å². The van der Waals surface area contributed by atoms with Crippen molar-refractivity contribution in [2.24, 2.45) is 0 Å². The number of nitrogens with zero attached hydrogens (tertiary/aromatic N) is 2. The summed E-state index contributed by atoms with van der Waals surface area (Å²) in [5.74, 6) is 1.08. The molecule has 8 heteroatoms. The van der Waals surface area contributed by atoms with Crippen LogP contribution in [-0.2, 0) is 27.3 Å². The van der Waals surface area contributed by atoms with E-state index in [4.69, 9.17) is 14.2 Å². The van der Waals surface area contributed by atoms with Crippen molar-refractivity contribution in [3.8, 4) is 11.5 Å². The van der Waals surface area contributed by atoms with Gasteiger partial charge in [0.1, 0.15) is 13.2 Å². The molecule has 0 saturated heterocycles. The number of carbonyl (C=O) groups excluding carboxylic acids is 2. The third-order valence-corrected chi connectivity index (χ3v) is 6.62. The lowest BCUT2D eigenvalue weighted by Gasteiger charge is -2.31. The molecule has 0 radical (unpaired) electrons. The van der Waals surface area contributed by atoms with E-state index in [0.29, 0.717) is 31.0 Å². The monoisotopic (exact) mass is 476 g/mol. The summed E-state index contributed by atoms with van der Waals surface area (Å²) in [6, 6.07) is 9.85. The van der Waals surface area contributed by atoms with Gasteiger partial charge < -0.3 is 24.0 Å². The van der Waals surface area contributed by atoms with E-state index in [0.717, 1.165) is 16.9 Å². The summed E-state index contributed by atoms with van der Waals surface area (Å²) in [5, 5.41) is 0. The number of hydrogen-bond donors (Lipinski definition) is 0. The van der Waals surface area contributed by atoms with E-state index < -0.39 is 0 Å². The van der Waals surface area contributed by atoms with Crippen molar-refractivity contribution >= 4 is 23.2 Å². The van der Waals surface area contributed by atoms with Gasteiger partial charge in [-0.05, 0) is 56.5 Å². The van der Waals surface area contributed by atoms with Crippen LogP contribution in [0, 0.1) is 6.92 Å². The van der Waals surface area contributed by atoms with E-state index in [2.05, 4.69) is 19.1 Å². The van der Waals surface area contributed by atoms with Gasteiger partial charge in [-0.25, -0.2) is 0 Å². The van der Waals surface area contributed by atoms with Crippen LogP contribution in [0.5, 0.6) is 11.5 Å². The predicted molar refractivity (Wildman–Crippen MR) is 131 cm³/mol. The lowest BCUT2D eigenvalue weighted by molar-refractivity contribution is -0.145. The molecule has 1 aromatic heterocycles. The Hall–Kier alpha value is -2.58. The van der Waals surface area contributed by atoms with Gasteiger partial charge in [0.05, 0.1) is 20.8 Å². The molecule has 2 aromatic rings. The van der Waals surface area contributed by atoms with Gasteiger partial charge in [-0.2, -0.15) is 0 Å². The summed E-state index contributed by atoms with van der Waals surface area (Å²) in [4.78, 5) is 31.7. The number of carbonyl (C=O) groups is 2. The van der Waals surface area contributed by atoms with E-state index >= 15 is 0 Å². The number of amides is 2. The van der Waals surface area contributed by atoms with Gasteiger partial charge in [0.2, 0.25) is 11.8 Å². The molecule has 7 nitrogen and oxygen atoms in total. The average Bonchev–Trinajstić information content (AvgIpc) is 3.23. The number of ether oxygens (including phenoxy) is 3. The van der Waals surface area contributed by atoms with Gasteiger partial charge in [-0.3, -0.25) is 9.59 Å². The smallest absolute Gasteiger partial charge is 0.249 e. The molecule has 0 bridgehead atoms. The molecule has 1 heterocycles. The molecular weight excluding hydrogens is 440 g/mol. The molecule has 2 rings (SSSR count). The first-order valence-electron chi connectivity index (χ1n) is 11.1. The minimum absolute atomic E-state index is 0.0343. The molecule has 0 aliphatic carbocycles. The Balaban J connectivity index is 2.20. The van der Waals surface area contributed by atoms with Crippen LogP contribution in [0.2, 0.25) is 0 Å². The minimum atomic E-state index is -0.174. The summed E-state index contributed by atoms with van der Waals surface area (Å²) in [6.07, 6.45) is 1.42. The van der Waals surface area contributed by atoms with Crippen molar-refractivity contribution in [1.82, 2.24) is 9.80 Å². The minimum Gasteiger partial charge on any atom is -0.493 e. The molecular formula is C25H36N2O5S. The maximum atomic E-state index is 13.4. The van der Waals surface area contributed by atoms with Crippen LogP contribution in [0.4, 0.5) is 0 Å². The molecule has 182 valence electrons. The van der Waals surface area contributed by atoms with Gasteiger partial charge >= 0.3 is 0 Å². The summed E-state index contributed by atoms with van der Waals surface area (Å²) in [5.41, 5.74) is 1.04. The van der Waals surface area contributed by atoms with Crippen LogP contribution in [0.25, 0.3) is 0 Å². The van der Waals surface area contributed by atoms with E-state index in [1.54, 1.807) is 30.5 Å². The average molecular weight is 477 g/mol. The van der Waals surface area contributed by atoms with Crippen molar-refractivity contribution in [2.75, 3.05) is 41.0 Å². The van der Waals surface area contributed by atoms with Gasteiger partial charge in [-0.1, -0.05) is 13.0 Å². The largest absolute Gasteiger partial charge is 0.493 e. The van der Waals surface area contributed by atoms with E-state index in [1.165, 1.54) is 12.0 Å². The lowest BCUT2D eigenvalue weighted by atomic mass is 10.1. The Morgan fingerprint density at radius 1 is 1.03 bits per heavy atom. The highest BCUT2D eigenvalue weighted by molar-refractivity contribution is 7.11. The van der Waals surface area contributed by atoms with E-state index in [1.807, 2.05) is 36.9 Å². The molecule has 1 atom stereocenters. The normalized spacial score (nSPS) is 11.7. The first-order chi connectivity index (χ1) is 15.8. The van der Waals surface area contributed by atoms with Crippen molar-refractivity contribution in [3.05, 3.63) is 45.6 Å². The van der Waals surface area contributed by atoms with Crippen LogP contribution < -0.4 is 9.47 Å². The quantitative estimate of drug-likeness (QED) is 0.438. The zero-order valence-corrected chi connectivity index (χ0v) is 21.4. The Morgan fingerprint density at radius 2 is 1.76 bits per heavy atom. The van der Waals surface area contributed by atoms with E-state index in [-0.39, 0.29) is 31.0 Å². The third-order valence-electron chi connectivity index (χ3n) is 5.63. The highest BCUT2D eigenvalue weighted by atomic mass is 32.1. The van der Waals surface area contributed by atoms with Crippen molar-refractivity contribution in [1.29, 1.82) is 0 Å². The van der Waals surface area contributed by atoms with Gasteiger partial charge in [0, 0.05) is 29.5 Å². The topological polar surface area (TPSA) is 68.3 Å². The summed E-state index contributed by atoms with van der Waals surface area (Å²) in [6.45, 7) is 7.05. The maximum absolute atomic E-state index is 13.4. The number of methoxy groups -OCH3 is 3. The Bertz CT molecular complexity index is 914. The molecule has 1 unspecified atom stereocenters. The van der Waals surface area contributed by atoms with Crippen molar-refractivity contribution in [3.63, 3.8) is 0 Å². The molecule has 0 saturated carbocycles. The highest BCUT2D eigenvalue weighted by Crippen LogP contribution is 2.28. The molecule has 1 aromatic carbocycles. The standard InChI is InChI=1S/C25H36N2O5S/c1-7-18(2)27(25(29)17-30-4)16-24(28)26(15-21-10-8-19(3)33-21)13-12-20-9-11-22(31-5)23(14-20)32-6/h8-11,14,18H,7,12-13,15-17H2,1-6H3. The first-order valence-corrected chi connectivity index (χ1v) is 12.0. The fourth-order valence-corrected chi connectivity index (χ4v) is 4.42. The fraction of sp³-hybridized carbons (Fsp3) is 0.520. The van der Waals surface area contributed by atoms with Crippen LogP contribution in [0.3, 0.4) is 0 Å². The number of benzene rings is 1. The molecule has 0 N–H and O–H groups in total. The zero-order chi connectivity index (χ0) is 24.4. The van der Waals surface area contributed by atoms with Crippen molar-refractivity contribution in [2.45, 2.75) is 46.2 Å². The van der Waals surface area contributed by atoms with Crippen molar-refractivity contribution < 1.29 is 23.8 Å². The van der Waals surface area contributed by atoms with Crippen LogP contribution in [0.1, 0.15) is 35.6 Å². The summed E-state index contributed by atoms with van der Waals surface area (Å²) in [7, 11) is 4.70. The summed E-state index contributed by atoms with van der Waals surface area (Å²) < 4.78 is 15.8. The Morgan fingerprint density at radius 3 is 2.33 bits per heavy atom. The molecule has 0 spiro atoms. The first kappa shape index (κ1) is 26.7. The van der Waals surface area contributed by atoms with E-state index in [9.17, 15) is 9.59 Å². The maximum Gasteiger partial charge on any atom is 0.249 e. The molecule has 0 aliphatic heterocycles. The summed E-state index contributed by atoms with van der Waals surface area (Å²) >= 11 is 1.68. The number of hydrogen-bond acceptors (Lipinski definition) is 6. The number of rotatable bonds is 13. The molecule has 2 amide bonds. The Kier molecular flexibility index (Phi) is 10.7. The fourth-order valence-electron chi connectivity index (χ4n) is 3.51. The highest BCUT2D eigenvalue weighted by Gasteiger charge is 2.25. The third kappa shape index (κ3) is 7.75. The lowest BCUT2D eigenvalue weighted by Crippen LogP contribution is -2.47.